The number of nitrogens with zero attached hydrogens (tertiary/aromatic N) is 2. The number of hydrogen-bond donors (Lipinski definition) is 1. The van der Waals surface area contributed by atoms with Crippen LogP contribution in [0.2, 0.25) is 0 Å². The molecule has 0 aromatic rings. The highest BCUT2D eigenvalue weighted by Crippen LogP contribution is 2.20. The molecule has 6 heteroatoms. The molecule has 120 valence electrons. The Balaban J connectivity index is 2.23. The number of hydrogen-bond acceptors (Lipinski definition) is 5. The van der Waals surface area contributed by atoms with Gasteiger partial charge in [-0.2, -0.15) is 0 Å². The average molecular weight is 306 g/mol. The van der Waals surface area contributed by atoms with Crippen molar-refractivity contribution in [1.82, 2.24) is 9.80 Å². The summed E-state index contributed by atoms with van der Waals surface area (Å²) >= 11 is 0. The molecule has 0 aliphatic carbocycles. The lowest BCUT2D eigenvalue weighted by Gasteiger charge is -2.38. The van der Waals surface area contributed by atoms with Crippen LogP contribution in [0.1, 0.15) is 27.2 Å². The molecule has 1 saturated heterocycles. The molecule has 1 aliphatic heterocycles. The van der Waals surface area contributed by atoms with Gasteiger partial charge in [0.2, 0.25) is 0 Å². The fourth-order valence-corrected chi connectivity index (χ4v) is 2.92. The van der Waals surface area contributed by atoms with Gasteiger partial charge in [0.25, 0.3) is 0 Å². The van der Waals surface area contributed by atoms with Crippen LogP contribution >= 0.6 is 0 Å². The Morgan fingerprint density at radius 1 is 1.10 bits per heavy atom. The first kappa shape index (κ1) is 17.9. The van der Waals surface area contributed by atoms with E-state index in [9.17, 15) is 13.5 Å². The molecule has 1 atom stereocenters. The fraction of sp³-hybridized carbons (Fsp3) is 1.00. The summed E-state index contributed by atoms with van der Waals surface area (Å²) in [5.41, 5.74) is -0.0768. The van der Waals surface area contributed by atoms with E-state index in [1.54, 1.807) is 0 Å². The van der Waals surface area contributed by atoms with Gasteiger partial charge >= 0.3 is 0 Å². The predicted molar refractivity (Wildman–Crippen MR) is 82.7 cm³/mol. The minimum Gasteiger partial charge on any atom is -0.391 e. The highest BCUT2D eigenvalue weighted by atomic mass is 32.2. The third-order valence-corrected chi connectivity index (χ3v) is 4.92. The zero-order chi connectivity index (χ0) is 15.4. The number of β-amino-alcohol motifs (C(OH)–C–C–N with tert-alkyl or cyclic N) is 1. The molecule has 1 rings (SSSR count). The summed E-state index contributed by atoms with van der Waals surface area (Å²) in [7, 11) is -2.84. The van der Waals surface area contributed by atoms with Gasteiger partial charge in [0.15, 0.2) is 0 Å². The van der Waals surface area contributed by atoms with E-state index in [1.165, 1.54) is 6.26 Å². The Hall–Kier alpha value is -0.170. The smallest absolute Gasteiger partial charge is 0.147 e. The predicted octanol–water partition coefficient (Wildman–Crippen LogP) is 0.446. The van der Waals surface area contributed by atoms with Gasteiger partial charge in [-0.25, -0.2) is 8.42 Å². The molecule has 0 amide bonds. The Kier molecular flexibility index (Phi) is 6.44. The largest absolute Gasteiger partial charge is 0.391 e. The van der Waals surface area contributed by atoms with Crippen molar-refractivity contribution in [1.29, 1.82) is 0 Å². The van der Waals surface area contributed by atoms with E-state index in [0.717, 1.165) is 39.3 Å². The maximum absolute atomic E-state index is 11.1. The molecule has 0 unspecified atom stereocenters. The van der Waals surface area contributed by atoms with Crippen LogP contribution in [0.3, 0.4) is 0 Å². The minimum absolute atomic E-state index is 0.0768. The van der Waals surface area contributed by atoms with E-state index in [4.69, 9.17) is 0 Å². The first-order valence-electron chi connectivity index (χ1n) is 7.38. The molecule has 5 nitrogen and oxygen atoms in total. The van der Waals surface area contributed by atoms with Gasteiger partial charge in [-0.3, -0.25) is 4.90 Å². The van der Waals surface area contributed by atoms with Crippen molar-refractivity contribution in [3.05, 3.63) is 0 Å². The highest BCUT2D eigenvalue weighted by molar-refractivity contribution is 7.90. The summed E-state index contributed by atoms with van der Waals surface area (Å²) < 4.78 is 22.2. The van der Waals surface area contributed by atoms with Crippen molar-refractivity contribution >= 4 is 9.84 Å². The van der Waals surface area contributed by atoms with E-state index in [2.05, 4.69) is 30.6 Å². The first-order chi connectivity index (χ1) is 9.08. The Labute approximate surface area is 123 Å². The third-order valence-electron chi connectivity index (χ3n) is 3.89. The standard InChI is InChI=1S/C14H30N2O3S/c1-14(2,3)13(17)12-16-9-7-15(8-10-16)6-5-11-20(4,18)19/h13,17H,5-12H2,1-4H3/t13-/m0/s1. The SMILES string of the molecule is CC(C)(C)[C@@H](O)CN1CCN(CCCS(C)(=O)=O)CC1. The van der Waals surface area contributed by atoms with Crippen molar-refractivity contribution in [2.45, 2.75) is 33.3 Å². The van der Waals surface area contributed by atoms with E-state index in [1.807, 2.05) is 0 Å². The molecule has 0 aromatic heterocycles. The summed E-state index contributed by atoms with van der Waals surface area (Å²) in [5, 5.41) is 10.1. The molecular weight excluding hydrogens is 276 g/mol. The van der Waals surface area contributed by atoms with Gasteiger partial charge in [-0.05, 0) is 18.4 Å². The van der Waals surface area contributed by atoms with E-state index in [-0.39, 0.29) is 17.3 Å². The molecule has 0 radical (unpaired) electrons. The summed E-state index contributed by atoms with van der Waals surface area (Å²) in [4.78, 5) is 4.61. The third kappa shape index (κ3) is 7.02. The normalized spacial score (nSPS) is 21.1. The van der Waals surface area contributed by atoms with Gasteiger partial charge in [0.1, 0.15) is 9.84 Å². The molecule has 1 heterocycles. The van der Waals surface area contributed by atoms with Crippen molar-refractivity contribution in [2.24, 2.45) is 5.41 Å². The summed E-state index contributed by atoms with van der Waals surface area (Å²) in [5.74, 6) is 0.274. The molecule has 0 spiro atoms. The van der Waals surface area contributed by atoms with Gasteiger partial charge < -0.3 is 10.0 Å². The van der Waals surface area contributed by atoms with Crippen molar-refractivity contribution in [2.75, 3.05) is 51.3 Å². The van der Waals surface area contributed by atoms with Crippen LogP contribution in [0.15, 0.2) is 0 Å². The minimum atomic E-state index is -2.84. The lowest BCUT2D eigenvalue weighted by Crippen LogP contribution is -2.50. The van der Waals surface area contributed by atoms with Crippen molar-refractivity contribution in [3.63, 3.8) is 0 Å². The van der Waals surface area contributed by atoms with Crippen LogP contribution in [-0.2, 0) is 9.84 Å². The van der Waals surface area contributed by atoms with Crippen molar-refractivity contribution in [3.8, 4) is 0 Å². The molecule has 1 fully saturated rings. The molecule has 20 heavy (non-hydrogen) atoms. The summed E-state index contributed by atoms with van der Waals surface area (Å²) in [6.07, 6.45) is 1.70. The second-order valence-electron chi connectivity index (χ2n) is 7.01. The average Bonchev–Trinajstić information content (AvgIpc) is 2.28. The van der Waals surface area contributed by atoms with E-state index >= 15 is 0 Å². The maximum atomic E-state index is 11.1. The number of rotatable bonds is 6. The van der Waals surface area contributed by atoms with Gasteiger partial charge in [0.05, 0.1) is 11.9 Å². The Morgan fingerprint density at radius 3 is 2.05 bits per heavy atom. The highest BCUT2D eigenvalue weighted by Gasteiger charge is 2.26. The van der Waals surface area contributed by atoms with Crippen LogP contribution < -0.4 is 0 Å². The van der Waals surface area contributed by atoms with Gasteiger partial charge in [0, 0.05) is 39.0 Å². The quantitative estimate of drug-likeness (QED) is 0.772. The Bertz CT molecular complexity index is 382. The molecule has 0 saturated carbocycles. The number of sulfone groups is 1. The zero-order valence-electron chi connectivity index (χ0n) is 13.3. The van der Waals surface area contributed by atoms with Crippen LogP contribution in [0.5, 0.6) is 0 Å². The maximum Gasteiger partial charge on any atom is 0.147 e. The zero-order valence-corrected chi connectivity index (χ0v) is 14.1. The van der Waals surface area contributed by atoms with Crippen LogP contribution in [-0.4, -0.2) is 80.7 Å². The molecule has 1 N–H and O–H groups in total. The number of aliphatic hydroxyl groups excluding tert-OH is 1. The summed E-state index contributed by atoms with van der Waals surface area (Å²) in [6.45, 7) is 11.6. The first-order valence-corrected chi connectivity index (χ1v) is 9.44. The van der Waals surface area contributed by atoms with Gasteiger partial charge in [-0.1, -0.05) is 20.8 Å². The molecular formula is C14H30N2O3S. The summed E-state index contributed by atoms with van der Waals surface area (Å²) in [6, 6.07) is 0. The van der Waals surface area contributed by atoms with Gasteiger partial charge in [-0.15, -0.1) is 0 Å². The van der Waals surface area contributed by atoms with E-state index in [0.29, 0.717) is 6.42 Å². The molecule has 0 aromatic carbocycles. The lowest BCUT2D eigenvalue weighted by atomic mass is 9.89. The van der Waals surface area contributed by atoms with Crippen LogP contribution in [0.4, 0.5) is 0 Å². The second kappa shape index (κ2) is 7.20. The fourth-order valence-electron chi connectivity index (χ4n) is 2.26. The molecule has 0 bridgehead atoms. The monoisotopic (exact) mass is 306 g/mol. The van der Waals surface area contributed by atoms with Crippen molar-refractivity contribution < 1.29 is 13.5 Å². The second-order valence-corrected chi connectivity index (χ2v) is 9.27. The number of aliphatic hydroxyl groups is 1. The lowest BCUT2D eigenvalue weighted by molar-refractivity contribution is 0.0135. The van der Waals surface area contributed by atoms with Crippen LogP contribution in [0, 0.1) is 5.41 Å². The Morgan fingerprint density at radius 2 is 1.60 bits per heavy atom. The number of piperazine rings is 1. The van der Waals surface area contributed by atoms with Crippen LogP contribution in [0.25, 0.3) is 0 Å². The van der Waals surface area contributed by atoms with E-state index < -0.39 is 9.84 Å². The topological polar surface area (TPSA) is 60.9 Å². The molecule has 1 aliphatic rings.